The van der Waals surface area contributed by atoms with Crippen molar-refractivity contribution in [2.24, 2.45) is 0 Å². The summed E-state index contributed by atoms with van der Waals surface area (Å²) in [6, 6.07) is 4.00. The Labute approximate surface area is 122 Å². The minimum absolute atomic E-state index is 0.0233. The van der Waals surface area contributed by atoms with E-state index in [9.17, 15) is 13.2 Å². The second-order valence-electron chi connectivity index (χ2n) is 4.31. The van der Waals surface area contributed by atoms with E-state index < -0.39 is 20.6 Å². The Hall–Kier alpha value is -0.780. The van der Waals surface area contributed by atoms with Gasteiger partial charge in [-0.2, -0.15) is 0 Å². The van der Waals surface area contributed by atoms with Crippen molar-refractivity contribution in [1.29, 1.82) is 0 Å². The topological polar surface area (TPSA) is 60.4 Å². The van der Waals surface area contributed by atoms with Gasteiger partial charge in [0.25, 0.3) is 0 Å². The van der Waals surface area contributed by atoms with E-state index in [-0.39, 0.29) is 16.5 Å². The number of rotatable bonds is 4. The van der Waals surface area contributed by atoms with E-state index >= 15 is 0 Å². The van der Waals surface area contributed by atoms with Crippen LogP contribution in [0.4, 0.5) is 0 Å². The first-order chi connectivity index (χ1) is 8.64. The van der Waals surface area contributed by atoms with Crippen LogP contribution in [0.15, 0.2) is 23.1 Å². The molecule has 0 atom stereocenters. The molecule has 0 radical (unpaired) electrons. The molecule has 0 saturated carbocycles. The van der Waals surface area contributed by atoms with Crippen LogP contribution in [0, 0.1) is 0 Å². The molecule has 0 N–H and O–H groups in total. The maximum Gasteiger partial charge on any atom is 0.327 e. The Balaban J connectivity index is 3.34. The van der Waals surface area contributed by atoms with Crippen molar-refractivity contribution < 1.29 is 17.9 Å². The number of carbonyl (C=O) groups is 1. The average molecular weight is 325 g/mol. The summed E-state index contributed by atoms with van der Waals surface area (Å²) in [7, 11) is -3.97. The van der Waals surface area contributed by atoms with Crippen molar-refractivity contribution in [2.45, 2.75) is 30.4 Å². The quantitative estimate of drug-likeness (QED) is 0.798. The van der Waals surface area contributed by atoms with Gasteiger partial charge in [0, 0.05) is 5.02 Å². The first-order valence-corrected chi connectivity index (χ1v) is 7.75. The van der Waals surface area contributed by atoms with Crippen LogP contribution in [-0.4, -0.2) is 25.7 Å². The van der Waals surface area contributed by atoms with Crippen molar-refractivity contribution in [3.63, 3.8) is 0 Å². The first kappa shape index (κ1) is 16.3. The Kier molecular flexibility index (Phi) is 4.87. The molecule has 4 nitrogen and oxygen atoms in total. The van der Waals surface area contributed by atoms with Gasteiger partial charge in [-0.25, -0.2) is 8.42 Å². The van der Waals surface area contributed by atoms with Crippen molar-refractivity contribution in [2.75, 3.05) is 6.61 Å². The minimum atomic E-state index is -3.97. The molecule has 1 aromatic rings. The first-order valence-electron chi connectivity index (χ1n) is 5.51. The Bertz CT molecular complexity index is 594. The zero-order chi connectivity index (χ0) is 14.8. The fraction of sp³-hybridized carbons (Fsp3) is 0.417. The molecule has 0 aliphatic carbocycles. The maximum atomic E-state index is 12.5. The molecular formula is C12H14Cl2O4S. The molecule has 1 aromatic carbocycles. The van der Waals surface area contributed by atoms with Gasteiger partial charge >= 0.3 is 5.97 Å². The molecule has 0 aliphatic rings. The van der Waals surface area contributed by atoms with Crippen LogP contribution in [0.1, 0.15) is 20.8 Å². The molecule has 19 heavy (non-hydrogen) atoms. The van der Waals surface area contributed by atoms with E-state index in [0.29, 0.717) is 5.02 Å². The van der Waals surface area contributed by atoms with Crippen LogP contribution < -0.4 is 0 Å². The lowest BCUT2D eigenvalue weighted by Gasteiger charge is -2.23. The van der Waals surface area contributed by atoms with Crippen LogP contribution in [0.2, 0.25) is 10.0 Å². The van der Waals surface area contributed by atoms with Crippen molar-refractivity contribution in [3.05, 3.63) is 28.2 Å². The zero-order valence-corrected chi connectivity index (χ0v) is 13.1. The highest BCUT2D eigenvalue weighted by Crippen LogP contribution is 2.33. The van der Waals surface area contributed by atoms with Crippen LogP contribution in [-0.2, 0) is 19.4 Å². The van der Waals surface area contributed by atoms with Gasteiger partial charge in [-0.3, -0.25) is 4.79 Å². The predicted molar refractivity (Wildman–Crippen MR) is 74.4 cm³/mol. The van der Waals surface area contributed by atoms with Gasteiger partial charge in [-0.1, -0.05) is 23.2 Å². The van der Waals surface area contributed by atoms with Crippen molar-refractivity contribution in [1.82, 2.24) is 0 Å². The second kappa shape index (κ2) is 5.69. The third-order valence-electron chi connectivity index (χ3n) is 2.62. The summed E-state index contributed by atoms with van der Waals surface area (Å²) in [6.07, 6.45) is 0. The third-order valence-corrected chi connectivity index (χ3v) is 5.73. The predicted octanol–water partition coefficient (Wildman–Crippen LogP) is 3.11. The fourth-order valence-electron chi connectivity index (χ4n) is 1.38. The largest absolute Gasteiger partial charge is 0.465 e. The highest BCUT2D eigenvalue weighted by atomic mass is 35.5. The van der Waals surface area contributed by atoms with E-state index in [1.165, 1.54) is 32.0 Å². The van der Waals surface area contributed by atoms with E-state index in [2.05, 4.69) is 0 Å². The molecule has 0 spiro atoms. The SMILES string of the molecule is CCOC(=O)C(C)(C)S(=O)(=O)c1ccc(Cl)cc1Cl. The van der Waals surface area contributed by atoms with Crippen LogP contribution >= 0.6 is 23.2 Å². The molecule has 0 aliphatic heterocycles. The number of carbonyl (C=O) groups excluding carboxylic acids is 1. The van der Waals surface area contributed by atoms with Crippen LogP contribution in [0.25, 0.3) is 0 Å². The van der Waals surface area contributed by atoms with Crippen molar-refractivity contribution in [3.8, 4) is 0 Å². The third kappa shape index (κ3) is 3.04. The van der Waals surface area contributed by atoms with Gasteiger partial charge in [-0.05, 0) is 39.0 Å². The summed E-state index contributed by atoms with van der Waals surface area (Å²) in [5, 5.41) is 0.294. The molecule has 0 unspecified atom stereocenters. The van der Waals surface area contributed by atoms with Gasteiger partial charge in [-0.15, -0.1) is 0 Å². The molecular weight excluding hydrogens is 311 g/mol. The van der Waals surface area contributed by atoms with Gasteiger partial charge < -0.3 is 4.74 Å². The number of sulfone groups is 1. The summed E-state index contributed by atoms with van der Waals surface area (Å²) in [5.41, 5.74) is 0. The Morgan fingerprint density at radius 2 is 1.89 bits per heavy atom. The maximum absolute atomic E-state index is 12.5. The number of hydrogen-bond acceptors (Lipinski definition) is 4. The lowest BCUT2D eigenvalue weighted by molar-refractivity contribution is -0.145. The zero-order valence-electron chi connectivity index (χ0n) is 10.7. The van der Waals surface area contributed by atoms with E-state index in [1.807, 2.05) is 0 Å². The Morgan fingerprint density at radius 3 is 2.37 bits per heavy atom. The van der Waals surface area contributed by atoms with Crippen LogP contribution in [0.5, 0.6) is 0 Å². The smallest absolute Gasteiger partial charge is 0.327 e. The molecule has 106 valence electrons. The Morgan fingerprint density at radius 1 is 1.32 bits per heavy atom. The van der Waals surface area contributed by atoms with Gasteiger partial charge in [0.1, 0.15) is 0 Å². The normalized spacial score (nSPS) is 12.3. The monoisotopic (exact) mass is 324 g/mol. The number of ether oxygens (including phenoxy) is 1. The van der Waals surface area contributed by atoms with E-state index in [0.717, 1.165) is 0 Å². The molecule has 0 saturated heterocycles. The highest BCUT2D eigenvalue weighted by molar-refractivity contribution is 7.93. The lowest BCUT2D eigenvalue weighted by atomic mass is 10.2. The summed E-state index contributed by atoms with van der Waals surface area (Å²) in [4.78, 5) is 11.7. The van der Waals surface area contributed by atoms with Gasteiger partial charge in [0.05, 0.1) is 16.5 Å². The van der Waals surface area contributed by atoms with Gasteiger partial charge in [0.2, 0.25) is 0 Å². The lowest BCUT2D eigenvalue weighted by Crippen LogP contribution is -2.42. The standard InChI is InChI=1S/C12H14Cl2O4S/c1-4-18-11(15)12(2,3)19(16,17)10-6-5-8(13)7-9(10)14/h5-7H,4H2,1-3H3. The summed E-state index contributed by atoms with van der Waals surface area (Å²) in [5.74, 6) is -0.819. The molecule has 0 fully saturated rings. The molecule has 1 rings (SSSR count). The second-order valence-corrected chi connectivity index (χ2v) is 7.62. The fourth-order valence-corrected chi connectivity index (χ4v) is 3.49. The van der Waals surface area contributed by atoms with E-state index in [1.54, 1.807) is 6.92 Å². The molecule has 0 aromatic heterocycles. The van der Waals surface area contributed by atoms with E-state index in [4.69, 9.17) is 27.9 Å². The summed E-state index contributed by atoms with van der Waals surface area (Å²) in [6.45, 7) is 4.28. The summed E-state index contributed by atoms with van der Waals surface area (Å²) < 4.78 is 28.0. The number of hydrogen-bond donors (Lipinski definition) is 0. The highest BCUT2D eigenvalue weighted by Gasteiger charge is 2.45. The van der Waals surface area contributed by atoms with Gasteiger partial charge in [0.15, 0.2) is 14.6 Å². The number of benzene rings is 1. The average Bonchev–Trinajstić information content (AvgIpc) is 2.28. The molecule has 0 bridgehead atoms. The number of esters is 1. The molecule has 0 heterocycles. The summed E-state index contributed by atoms with van der Waals surface area (Å²) >= 11 is 11.6. The molecule has 0 amide bonds. The van der Waals surface area contributed by atoms with Crippen LogP contribution in [0.3, 0.4) is 0 Å². The molecule has 7 heteroatoms. The van der Waals surface area contributed by atoms with Crippen molar-refractivity contribution >= 4 is 39.0 Å². The minimum Gasteiger partial charge on any atom is -0.465 e. The number of halogens is 2.